The molecule has 0 spiro atoms. The summed E-state index contributed by atoms with van der Waals surface area (Å²) in [6.07, 6.45) is 9.05. The first-order valence-electron chi connectivity index (χ1n) is 13.2. The van der Waals surface area contributed by atoms with Crippen LogP contribution < -0.4 is 19.1 Å². The summed E-state index contributed by atoms with van der Waals surface area (Å²) >= 11 is 0. The number of methoxy groups -OCH3 is 2. The average molecular weight is 527 g/mol. The molecule has 1 amide bonds. The molecule has 0 radical (unpaired) electrons. The molecular weight excluding hydrogens is 488 g/mol. The van der Waals surface area contributed by atoms with Gasteiger partial charge in [-0.15, -0.1) is 0 Å². The van der Waals surface area contributed by atoms with Gasteiger partial charge in [-0.2, -0.15) is 0 Å². The van der Waals surface area contributed by atoms with Crippen molar-refractivity contribution in [2.45, 2.75) is 56.9 Å². The molecule has 4 aliphatic carbocycles. The lowest BCUT2D eigenvalue weighted by atomic mass is 9.48. The molecule has 1 N–H and O–H groups in total. The molecule has 200 valence electrons. The number of sulfonamides is 1. The quantitative estimate of drug-likeness (QED) is 0.507. The highest BCUT2D eigenvalue weighted by Crippen LogP contribution is 2.60. The summed E-state index contributed by atoms with van der Waals surface area (Å²) < 4.78 is 37.4. The number of ether oxygens (including phenoxy) is 2. The van der Waals surface area contributed by atoms with Crippen LogP contribution in [0.25, 0.3) is 0 Å². The fourth-order valence-electron chi connectivity index (χ4n) is 7.52. The standard InChI is InChI=1S/C29H38N2O5S/c1-19(26-14-25(35-2)9-10-27(26)36-3)30-28(32)18-31(37(4,33)34)24-7-5-23(6-8-24)29-15-20-11-21(16-29)13-22(12-20)17-29/h5-10,14,19-22H,11-13,15-18H2,1-4H3,(H,30,32)/t19-,20?,21?,22?,29?/m0/s1. The van der Waals surface area contributed by atoms with Crippen molar-refractivity contribution < 1.29 is 22.7 Å². The van der Waals surface area contributed by atoms with Gasteiger partial charge < -0.3 is 14.8 Å². The van der Waals surface area contributed by atoms with Gasteiger partial charge in [0, 0.05) is 5.56 Å². The Balaban J connectivity index is 1.32. The van der Waals surface area contributed by atoms with Crippen LogP contribution in [0.1, 0.15) is 62.6 Å². The van der Waals surface area contributed by atoms with Crippen molar-refractivity contribution >= 4 is 21.6 Å². The second-order valence-corrected chi connectivity index (χ2v) is 13.3. The van der Waals surface area contributed by atoms with E-state index in [0.29, 0.717) is 17.2 Å². The van der Waals surface area contributed by atoms with E-state index in [1.165, 1.54) is 48.4 Å². The van der Waals surface area contributed by atoms with Crippen LogP contribution >= 0.6 is 0 Å². The van der Waals surface area contributed by atoms with Gasteiger partial charge in [-0.05, 0) is 105 Å². The minimum atomic E-state index is -3.67. The van der Waals surface area contributed by atoms with E-state index in [1.807, 2.05) is 19.1 Å². The molecule has 7 nitrogen and oxygen atoms in total. The summed E-state index contributed by atoms with van der Waals surface area (Å²) in [6.45, 7) is 1.53. The van der Waals surface area contributed by atoms with Crippen molar-refractivity contribution in [3.8, 4) is 11.5 Å². The SMILES string of the molecule is COc1ccc(OC)c([C@H](C)NC(=O)CN(c2ccc(C34CC5CC(CC(C5)C3)C4)cc2)S(C)(=O)=O)c1. The summed E-state index contributed by atoms with van der Waals surface area (Å²) in [5, 5.41) is 2.91. The highest BCUT2D eigenvalue weighted by atomic mass is 32.2. The molecule has 4 bridgehead atoms. The summed E-state index contributed by atoms with van der Waals surface area (Å²) in [4.78, 5) is 13.0. The Morgan fingerprint density at radius 2 is 1.59 bits per heavy atom. The van der Waals surface area contributed by atoms with E-state index in [9.17, 15) is 13.2 Å². The molecule has 0 saturated heterocycles. The van der Waals surface area contributed by atoms with E-state index < -0.39 is 22.0 Å². The minimum Gasteiger partial charge on any atom is -0.497 e. The summed E-state index contributed by atoms with van der Waals surface area (Å²) in [7, 11) is -0.522. The van der Waals surface area contributed by atoms with E-state index >= 15 is 0 Å². The highest BCUT2D eigenvalue weighted by Gasteiger charge is 2.51. The average Bonchev–Trinajstić information content (AvgIpc) is 2.85. The van der Waals surface area contributed by atoms with E-state index in [-0.39, 0.29) is 12.0 Å². The largest absolute Gasteiger partial charge is 0.497 e. The lowest BCUT2D eigenvalue weighted by Crippen LogP contribution is -2.48. The van der Waals surface area contributed by atoms with Gasteiger partial charge in [-0.25, -0.2) is 8.42 Å². The van der Waals surface area contributed by atoms with Crippen LogP contribution in [0.5, 0.6) is 11.5 Å². The van der Waals surface area contributed by atoms with Crippen LogP contribution in [0.2, 0.25) is 0 Å². The number of carbonyl (C=O) groups is 1. The van der Waals surface area contributed by atoms with Gasteiger partial charge in [0.15, 0.2) is 0 Å². The monoisotopic (exact) mass is 526 g/mol. The molecule has 0 heterocycles. The number of carbonyl (C=O) groups excluding carboxylic acids is 1. The zero-order valence-electron chi connectivity index (χ0n) is 22.2. The number of nitrogens with one attached hydrogen (secondary N) is 1. The molecule has 8 heteroatoms. The lowest BCUT2D eigenvalue weighted by molar-refractivity contribution is -0.120. The topological polar surface area (TPSA) is 84.9 Å². The molecule has 4 fully saturated rings. The second kappa shape index (κ2) is 9.86. The van der Waals surface area contributed by atoms with Crippen LogP contribution in [0, 0.1) is 17.8 Å². The molecular formula is C29H38N2O5S. The molecule has 0 unspecified atom stereocenters. The van der Waals surface area contributed by atoms with Gasteiger partial charge in [-0.1, -0.05) is 12.1 Å². The second-order valence-electron chi connectivity index (χ2n) is 11.4. The predicted molar refractivity (Wildman–Crippen MR) is 145 cm³/mol. The van der Waals surface area contributed by atoms with Crippen molar-refractivity contribution in [2.24, 2.45) is 17.8 Å². The zero-order chi connectivity index (χ0) is 26.4. The highest BCUT2D eigenvalue weighted by molar-refractivity contribution is 7.92. The summed E-state index contributed by atoms with van der Waals surface area (Å²) in [5.74, 6) is 3.39. The van der Waals surface area contributed by atoms with Crippen LogP contribution in [-0.2, 0) is 20.2 Å². The number of anilines is 1. The molecule has 1 atom stereocenters. The Morgan fingerprint density at radius 3 is 2.11 bits per heavy atom. The third-order valence-corrected chi connectivity index (χ3v) is 9.91. The van der Waals surface area contributed by atoms with E-state index in [1.54, 1.807) is 32.4 Å². The molecule has 4 aliphatic rings. The minimum absolute atomic E-state index is 0.242. The third-order valence-electron chi connectivity index (χ3n) is 8.77. The number of benzene rings is 2. The van der Waals surface area contributed by atoms with E-state index in [2.05, 4.69) is 17.4 Å². The van der Waals surface area contributed by atoms with Gasteiger partial charge in [0.2, 0.25) is 15.9 Å². The number of nitrogens with zero attached hydrogens (tertiary/aromatic N) is 1. The summed E-state index contributed by atoms with van der Waals surface area (Å²) in [6, 6.07) is 12.9. The van der Waals surface area contributed by atoms with Crippen molar-refractivity contribution in [3.05, 3.63) is 53.6 Å². The van der Waals surface area contributed by atoms with E-state index in [0.717, 1.165) is 29.6 Å². The molecule has 2 aromatic rings. The number of hydrogen-bond donors (Lipinski definition) is 1. The normalized spacial score (nSPS) is 27.0. The molecule has 0 aromatic heterocycles. The van der Waals surface area contributed by atoms with Gasteiger partial charge in [0.1, 0.15) is 18.0 Å². The smallest absolute Gasteiger partial charge is 0.241 e. The first kappa shape index (κ1) is 25.9. The first-order chi connectivity index (χ1) is 17.6. The van der Waals surface area contributed by atoms with Crippen molar-refractivity contribution in [2.75, 3.05) is 31.3 Å². The fourth-order valence-corrected chi connectivity index (χ4v) is 8.38. The Morgan fingerprint density at radius 1 is 1.00 bits per heavy atom. The maximum atomic E-state index is 13.0. The Hall–Kier alpha value is -2.74. The number of rotatable bonds is 9. The van der Waals surface area contributed by atoms with Crippen molar-refractivity contribution in [1.29, 1.82) is 0 Å². The third kappa shape index (κ3) is 5.17. The molecule has 37 heavy (non-hydrogen) atoms. The van der Waals surface area contributed by atoms with E-state index in [4.69, 9.17) is 9.47 Å². The van der Waals surface area contributed by atoms with Gasteiger partial charge in [0.05, 0.1) is 32.2 Å². The lowest BCUT2D eigenvalue weighted by Gasteiger charge is -2.57. The Bertz CT molecular complexity index is 1220. The fraction of sp³-hybridized carbons (Fsp3) is 0.552. The maximum absolute atomic E-state index is 13.0. The number of hydrogen-bond acceptors (Lipinski definition) is 5. The van der Waals surface area contributed by atoms with Crippen molar-refractivity contribution in [1.82, 2.24) is 5.32 Å². The van der Waals surface area contributed by atoms with Crippen LogP contribution in [0.3, 0.4) is 0 Å². The van der Waals surface area contributed by atoms with Crippen LogP contribution in [-0.4, -0.2) is 41.3 Å². The van der Waals surface area contributed by atoms with Crippen LogP contribution in [0.15, 0.2) is 42.5 Å². The summed E-state index contributed by atoms with van der Waals surface area (Å²) in [5.41, 5.74) is 2.83. The van der Waals surface area contributed by atoms with Crippen LogP contribution in [0.4, 0.5) is 5.69 Å². The van der Waals surface area contributed by atoms with Crippen molar-refractivity contribution in [3.63, 3.8) is 0 Å². The molecule has 6 rings (SSSR count). The maximum Gasteiger partial charge on any atom is 0.241 e. The Kier molecular flexibility index (Phi) is 6.90. The Labute approximate surface area is 220 Å². The number of amides is 1. The van der Waals surface area contributed by atoms with Gasteiger partial charge in [0.25, 0.3) is 0 Å². The van der Waals surface area contributed by atoms with Gasteiger partial charge >= 0.3 is 0 Å². The zero-order valence-corrected chi connectivity index (χ0v) is 23.0. The predicted octanol–water partition coefficient (Wildman–Crippen LogP) is 4.82. The molecule has 4 saturated carbocycles. The molecule has 2 aromatic carbocycles. The molecule has 0 aliphatic heterocycles. The first-order valence-corrected chi connectivity index (χ1v) is 15.0. The van der Waals surface area contributed by atoms with Gasteiger partial charge in [-0.3, -0.25) is 9.10 Å².